The second kappa shape index (κ2) is 9.20. The lowest BCUT2D eigenvalue weighted by Crippen LogP contribution is -2.50. The van der Waals surface area contributed by atoms with Gasteiger partial charge in [0, 0.05) is 51.3 Å². The highest BCUT2D eigenvalue weighted by molar-refractivity contribution is 5.94. The minimum atomic E-state index is -0.0610. The monoisotopic (exact) mass is 420 g/mol. The summed E-state index contributed by atoms with van der Waals surface area (Å²) < 4.78 is 3.49. The number of hydrogen-bond donors (Lipinski definition) is 0. The smallest absolute Gasteiger partial charge is 0.329 e. The number of aromatic nitrogens is 2. The second-order valence-electron chi connectivity index (χ2n) is 7.86. The van der Waals surface area contributed by atoms with Crippen molar-refractivity contribution < 1.29 is 9.59 Å². The van der Waals surface area contributed by atoms with Crippen LogP contribution in [0.15, 0.2) is 59.4 Å². The van der Waals surface area contributed by atoms with Crippen molar-refractivity contribution in [2.45, 2.75) is 32.9 Å². The molecule has 1 aromatic heterocycles. The van der Waals surface area contributed by atoms with Gasteiger partial charge in [0.1, 0.15) is 0 Å². The minimum Gasteiger partial charge on any atom is -0.339 e. The summed E-state index contributed by atoms with van der Waals surface area (Å²) >= 11 is 0. The Morgan fingerprint density at radius 3 is 1.94 bits per heavy atom. The molecule has 7 heteroatoms. The van der Waals surface area contributed by atoms with Crippen LogP contribution >= 0.6 is 0 Å². The molecule has 3 aromatic rings. The van der Waals surface area contributed by atoms with Gasteiger partial charge >= 0.3 is 5.69 Å². The first-order chi connectivity index (χ1) is 15.1. The summed E-state index contributed by atoms with van der Waals surface area (Å²) in [5, 5.41) is 0. The van der Waals surface area contributed by atoms with Crippen LogP contribution in [-0.2, 0) is 17.9 Å². The summed E-state index contributed by atoms with van der Waals surface area (Å²) in [7, 11) is 0. The van der Waals surface area contributed by atoms with Gasteiger partial charge in [-0.05, 0) is 30.7 Å². The number of benzene rings is 2. The fourth-order valence-electron chi connectivity index (χ4n) is 4.22. The van der Waals surface area contributed by atoms with Crippen molar-refractivity contribution in [3.63, 3.8) is 0 Å². The van der Waals surface area contributed by atoms with Crippen LogP contribution in [0, 0.1) is 0 Å². The topological polar surface area (TPSA) is 67.6 Å². The maximum absolute atomic E-state index is 12.9. The molecular weight excluding hydrogens is 392 g/mol. The average molecular weight is 421 g/mol. The van der Waals surface area contributed by atoms with Crippen molar-refractivity contribution in [1.82, 2.24) is 18.9 Å². The zero-order valence-corrected chi connectivity index (χ0v) is 17.9. The molecule has 2 amide bonds. The van der Waals surface area contributed by atoms with E-state index in [1.165, 1.54) is 0 Å². The van der Waals surface area contributed by atoms with E-state index < -0.39 is 0 Å². The standard InChI is InChI=1S/C24H28N4O3/c1-2-13-27-20-10-6-7-11-21(20)28(24(27)31)14-12-22(29)25-15-17-26(18-16-25)23(30)19-8-4-3-5-9-19/h3-11H,2,12-18H2,1H3. The van der Waals surface area contributed by atoms with Crippen LogP contribution in [0.25, 0.3) is 11.0 Å². The van der Waals surface area contributed by atoms with Crippen molar-refractivity contribution in [3.8, 4) is 0 Å². The molecule has 0 saturated carbocycles. The molecule has 0 atom stereocenters. The molecule has 1 saturated heterocycles. The quantitative estimate of drug-likeness (QED) is 0.616. The second-order valence-corrected chi connectivity index (χ2v) is 7.86. The van der Waals surface area contributed by atoms with Gasteiger partial charge in [-0.1, -0.05) is 37.3 Å². The molecule has 7 nitrogen and oxygen atoms in total. The molecule has 2 aromatic carbocycles. The van der Waals surface area contributed by atoms with Crippen molar-refractivity contribution in [1.29, 1.82) is 0 Å². The molecule has 1 aliphatic heterocycles. The molecular formula is C24H28N4O3. The fourth-order valence-corrected chi connectivity index (χ4v) is 4.22. The lowest BCUT2D eigenvalue weighted by Gasteiger charge is -2.35. The van der Waals surface area contributed by atoms with E-state index in [1.54, 1.807) is 18.9 Å². The van der Waals surface area contributed by atoms with Gasteiger partial charge in [0.25, 0.3) is 5.91 Å². The summed E-state index contributed by atoms with van der Waals surface area (Å²) in [6, 6.07) is 16.9. The molecule has 0 spiro atoms. The number of fused-ring (bicyclic) bond motifs is 1. The molecule has 1 aliphatic rings. The summed E-state index contributed by atoms with van der Waals surface area (Å²) in [5.41, 5.74) is 2.39. The normalized spacial score (nSPS) is 14.2. The number of nitrogens with zero attached hydrogens (tertiary/aromatic N) is 4. The first-order valence-corrected chi connectivity index (χ1v) is 10.9. The zero-order chi connectivity index (χ0) is 21.8. The van der Waals surface area contributed by atoms with Gasteiger partial charge in [0.05, 0.1) is 11.0 Å². The van der Waals surface area contributed by atoms with E-state index in [1.807, 2.05) is 61.5 Å². The van der Waals surface area contributed by atoms with E-state index in [-0.39, 0.29) is 23.9 Å². The highest BCUT2D eigenvalue weighted by atomic mass is 16.2. The first kappa shape index (κ1) is 20.9. The molecule has 2 heterocycles. The number of para-hydroxylation sites is 2. The van der Waals surface area contributed by atoms with Crippen LogP contribution < -0.4 is 5.69 Å². The molecule has 4 rings (SSSR count). The molecule has 31 heavy (non-hydrogen) atoms. The van der Waals surface area contributed by atoms with Gasteiger partial charge < -0.3 is 9.80 Å². The number of amides is 2. The number of carbonyl (C=O) groups excluding carboxylic acids is 2. The number of piperazine rings is 1. The maximum Gasteiger partial charge on any atom is 0.329 e. The van der Waals surface area contributed by atoms with Crippen LogP contribution in [0.1, 0.15) is 30.1 Å². The van der Waals surface area contributed by atoms with Crippen molar-refractivity contribution in [3.05, 3.63) is 70.6 Å². The van der Waals surface area contributed by atoms with E-state index in [2.05, 4.69) is 0 Å². The predicted molar refractivity (Wildman–Crippen MR) is 120 cm³/mol. The third-order valence-electron chi connectivity index (χ3n) is 5.86. The van der Waals surface area contributed by atoms with E-state index in [9.17, 15) is 14.4 Å². The maximum atomic E-state index is 12.9. The Labute approximate surface area is 181 Å². The van der Waals surface area contributed by atoms with E-state index in [0.29, 0.717) is 44.8 Å². The van der Waals surface area contributed by atoms with Gasteiger partial charge in [0.15, 0.2) is 0 Å². The average Bonchev–Trinajstić information content (AvgIpc) is 3.09. The third kappa shape index (κ3) is 4.26. The highest BCUT2D eigenvalue weighted by Gasteiger charge is 2.25. The van der Waals surface area contributed by atoms with E-state index in [0.717, 1.165) is 17.5 Å². The molecule has 162 valence electrons. The summed E-state index contributed by atoms with van der Waals surface area (Å²) in [6.07, 6.45) is 1.14. The van der Waals surface area contributed by atoms with Crippen molar-refractivity contribution in [2.75, 3.05) is 26.2 Å². The van der Waals surface area contributed by atoms with Crippen molar-refractivity contribution >= 4 is 22.8 Å². The van der Waals surface area contributed by atoms with Gasteiger partial charge in [0.2, 0.25) is 5.91 Å². The molecule has 0 bridgehead atoms. The largest absolute Gasteiger partial charge is 0.339 e. The summed E-state index contributed by atoms with van der Waals surface area (Å²) in [5.74, 6) is 0.0222. The Balaban J connectivity index is 1.38. The Kier molecular flexibility index (Phi) is 6.21. The summed E-state index contributed by atoms with van der Waals surface area (Å²) in [4.78, 5) is 41.9. The lowest BCUT2D eigenvalue weighted by atomic mass is 10.2. The molecule has 1 fully saturated rings. The van der Waals surface area contributed by atoms with Gasteiger partial charge in [-0.3, -0.25) is 18.7 Å². The Morgan fingerprint density at radius 2 is 1.32 bits per heavy atom. The number of hydrogen-bond acceptors (Lipinski definition) is 3. The summed E-state index contributed by atoms with van der Waals surface area (Å²) in [6.45, 7) is 5.15. The number of imidazole rings is 1. The zero-order valence-electron chi connectivity index (χ0n) is 17.9. The van der Waals surface area contributed by atoms with Crippen LogP contribution in [-0.4, -0.2) is 56.9 Å². The number of carbonyl (C=O) groups is 2. The lowest BCUT2D eigenvalue weighted by molar-refractivity contribution is -0.132. The Morgan fingerprint density at radius 1 is 0.774 bits per heavy atom. The van der Waals surface area contributed by atoms with Crippen molar-refractivity contribution in [2.24, 2.45) is 0 Å². The Hall–Kier alpha value is -3.35. The molecule has 0 aliphatic carbocycles. The molecule has 0 radical (unpaired) electrons. The molecule has 0 N–H and O–H groups in total. The predicted octanol–water partition coefficient (Wildman–Crippen LogP) is 2.59. The first-order valence-electron chi connectivity index (χ1n) is 10.9. The highest BCUT2D eigenvalue weighted by Crippen LogP contribution is 2.15. The number of aryl methyl sites for hydroxylation is 2. The third-order valence-corrected chi connectivity index (χ3v) is 5.86. The Bertz CT molecular complexity index is 1120. The SMILES string of the molecule is CCCn1c(=O)n(CCC(=O)N2CCN(C(=O)c3ccccc3)CC2)c2ccccc21. The van der Waals surface area contributed by atoms with E-state index in [4.69, 9.17) is 0 Å². The van der Waals surface area contributed by atoms with Crippen LogP contribution in [0.5, 0.6) is 0 Å². The van der Waals surface area contributed by atoms with Crippen LogP contribution in [0.3, 0.4) is 0 Å². The van der Waals surface area contributed by atoms with Crippen LogP contribution in [0.4, 0.5) is 0 Å². The van der Waals surface area contributed by atoms with E-state index >= 15 is 0 Å². The number of rotatable bonds is 6. The van der Waals surface area contributed by atoms with Gasteiger partial charge in [-0.15, -0.1) is 0 Å². The van der Waals surface area contributed by atoms with Gasteiger partial charge in [-0.25, -0.2) is 4.79 Å². The van der Waals surface area contributed by atoms with Crippen LogP contribution in [0.2, 0.25) is 0 Å². The van der Waals surface area contributed by atoms with Gasteiger partial charge in [-0.2, -0.15) is 0 Å². The fraction of sp³-hybridized carbons (Fsp3) is 0.375. The molecule has 0 unspecified atom stereocenters. The minimum absolute atomic E-state index is 0.00276.